The van der Waals surface area contributed by atoms with Gasteiger partial charge in [-0.2, -0.15) is 2.90 Å². The summed E-state index contributed by atoms with van der Waals surface area (Å²) < 4.78 is 7.28. The Morgan fingerprint density at radius 2 is 2.21 bits per heavy atom. The smallest absolute Gasteiger partial charge is 0.0915 e. The summed E-state index contributed by atoms with van der Waals surface area (Å²) in [5.41, 5.74) is 0.890. The third-order valence-corrected chi connectivity index (χ3v) is 2.41. The van der Waals surface area contributed by atoms with E-state index in [1.807, 2.05) is 20.0 Å². The second kappa shape index (κ2) is 4.57. The van der Waals surface area contributed by atoms with Gasteiger partial charge >= 0.3 is 0 Å². The maximum Gasteiger partial charge on any atom is 0.0915 e. The molecule has 0 spiro atoms. The van der Waals surface area contributed by atoms with E-state index in [9.17, 15) is 0 Å². The molecule has 1 rings (SSSR count). The molecule has 5 heteroatoms. The molecule has 0 aromatic carbocycles. The molecule has 0 amide bonds. The molecule has 1 heterocycles. The lowest BCUT2D eigenvalue weighted by Crippen LogP contribution is -2.26. The van der Waals surface area contributed by atoms with Crippen LogP contribution < -0.4 is 0 Å². The van der Waals surface area contributed by atoms with Crippen molar-refractivity contribution in [2.45, 2.75) is 39.2 Å². The highest BCUT2D eigenvalue weighted by Gasteiger charge is 2.24. The summed E-state index contributed by atoms with van der Waals surface area (Å²) in [6, 6.07) is 0. The van der Waals surface area contributed by atoms with E-state index in [0.29, 0.717) is 6.61 Å². The van der Waals surface area contributed by atoms with Crippen LogP contribution >= 0.6 is 22.9 Å². The highest BCUT2D eigenvalue weighted by Crippen LogP contribution is 2.21. The molecular weight excluding hydrogens is 293 g/mol. The van der Waals surface area contributed by atoms with Gasteiger partial charge in [-0.25, -0.2) is 0 Å². The first-order chi connectivity index (χ1) is 6.42. The molecule has 0 saturated heterocycles. The van der Waals surface area contributed by atoms with Gasteiger partial charge in [-0.05, 0) is 13.8 Å². The second-order valence-electron chi connectivity index (χ2n) is 4.24. The first kappa shape index (κ1) is 11.9. The van der Waals surface area contributed by atoms with Crippen LogP contribution in [-0.4, -0.2) is 25.9 Å². The summed E-state index contributed by atoms with van der Waals surface area (Å²) in [7, 11) is 0. The Balaban J connectivity index is 2.65. The van der Waals surface area contributed by atoms with E-state index < -0.39 is 0 Å². The van der Waals surface area contributed by atoms with Gasteiger partial charge in [0.05, 0.1) is 47.5 Å². The summed E-state index contributed by atoms with van der Waals surface area (Å²) in [4.78, 5) is 0. The molecule has 0 aliphatic heterocycles. The van der Waals surface area contributed by atoms with Crippen molar-refractivity contribution in [1.29, 1.82) is 0 Å². The minimum atomic E-state index is -0.0757. The maximum atomic E-state index is 5.59. The highest BCUT2D eigenvalue weighted by molar-refractivity contribution is 14.1. The van der Waals surface area contributed by atoms with Crippen molar-refractivity contribution in [3.05, 3.63) is 11.9 Å². The van der Waals surface area contributed by atoms with E-state index in [2.05, 4.69) is 47.0 Å². The van der Waals surface area contributed by atoms with E-state index in [0.717, 1.165) is 5.69 Å². The standard InChI is InChI=1S/C9H16IN3O/c1-7(2)14-6-9(3,4)8-5-13(10)12-11-8/h5,7H,6H2,1-4H3. The monoisotopic (exact) mass is 309 g/mol. The van der Waals surface area contributed by atoms with Gasteiger partial charge in [-0.1, -0.05) is 19.1 Å². The molecular formula is C9H16IN3O. The maximum absolute atomic E-state index is 5.59. The third-order valence-electron chi connectivity index (χ3n) is 1.94. The molecule has 14 heavy (non-hydrogen) atoms. The zero-order chi connectivity index (χ0) is 10.8. The molecule has 0 aliphatic rings. The van der Waals surface area contributed by atoms with Gasteiger partial charge in [0, 0.05) is 5.41 Å². The lowest BCUT2D eigenvalue weighted by atomic mass is 9.91. The van der Waals surface area contributed by atoms with Gasteiger partial charge in [0.25, 0.3) is 0 Å². The van der Waals surface area contributed by atoms with Gasteiger partial charge in [0.15, 0.2) is 0 Å². The van der Waals surface area contributed by atoms with Crippen molar-refractivity contribution in [3.63, 3.8) is 0 Å². The Bertz CT molecular complexity index is 296. The fourth-order valence-electron chi connectivity index (χ4n) is 1.00. The molecule has 0 N–H and O–H groups in total. The zero-order valence-electron chi connectivity index (χ0n) is 8.99. The SMILES string of the molecule is CC(C)OCC(C)(C)c1cn(I)nn1. The van der Waals surface area contributed by atoms with Crippen LogP contribution in [0.5, 0.6) is 0 Å². The van der Waals surface area contributed by atoms with Gasteiger partial charge in [0.1, 0.15) is 0 Å². The second-order valence-corrected chi connectivity index (χ2v) is 5.22. The quantitative estimate of drug-likeness (QED) is 0.800. The van der Waals surface area contributed by atoms with Crippen LogP contribution in [0.1, 0.15) is 33.4 Å². The molecule has 0 fully saturated rings. The van der Waals surface area contributed by atoms with Crippen molar-refractivity contribution >= 4 is 22.9 Å². The van der Waals surface area contributed by atoms with Gasteiger partial charge < -0.3 is 4.74 Å². The lowest BCUT2D eigenvalue weighted by molar-refractivity contribution is 0.0462. The summed E-state index contributed by atoms with van der Waals surface area (Å²) in [5.74, 6) is 0. The van der Waals surface area contributed by atoms with Crippen LogP contribution in [0.2, 0.25) is 0 Å². The molecule has 4 nitrogen and oxygen atoms in total. The molecule has 0 bridgehead atoms. The summed E-state index contributed by atoms with van der Waals surface area (Å²) in [6.45, 7) is 8.95. The molecule has 0 atom stereocenters. The van der Waals surface area contributed by atoms with Crippen molar-refractivity contribution in [2.24, 2.45) is 0 Å². The van der Waals surface area contributed by atoms with E-state index in [1.165, 1.54) is 0 Å². The van der Waals surface area contributed by atoms with E-state index in [-0.39, 0.29) is 11.5 Å². The largest absolute Gasteiger partial charge is 0.378 e. The number of halogens is 1. The first-order valence-corrected chi connectivity index (χ1v) is 5.59. The first-order valence-electron chi connectivity index (χ1n) is 4.62. The zero-order valence-corrected chi connectivity index (χ0v) is 11.1. The van der Waals surface area contributed by atoms with Crippen LogP contribution in [0.25, 0.3) is 0 Å². The van der Waals surface area contributed by atoms with Gasteiger partial charge in [0.2, 0.25) is 0 Å². The van der Waals surface area contributed by atoms with Crippen LogP contribution in [0.3, 0.4) is 0 Å². The van der Waals surface area contributed by atoms with Crippen LogP contribution in [-0.2, 0) is 10.2 Å². The molecule has 1 aromatic rings. The van der Waals surface area contributed by atoms with Crippen molar-refractivity contribution in [2.75, 3.05) is 6.61 Å². The summed E-state index contributed by atoms with van der Waals surface area (Å²) >= 11 is 2.08. The van der Waals surface area contributed by atoms with E-state index in [4.69, 9.17) is 4.74 Å². The average molecular weight is 309 g/mol. The van der Waals surface area contributed by atoms with Crippen molar-refractivity contribution < 1.29 is 4.74 Å². The number of ether oxygens (including phenoxy) is 1. The van der Waals surface area contributed by atoms with Crippen LogP contribution in [0.15, 0.2) is 6.20 Å². The third kappa shape index (κ3) is 3.20. The fraction of sp³-hybridized carbons (Fsp3) is 0.778. The molecule has 1 aromatic heterocycles. The number of aromatic nitrogens is 3. The van der Waals surface area contributed by atoms with Gasteiger partial charge in [-0.3, -0.25) is 0 Å². The molecule has 80 valence electrons. The molecule has 0 saturated carbocycles. The number of hydrogen-bond donors (Lipinski definition) is 0. The Labute approximate surface area is 98.5 Å². The number of hydrogen-bond acceptors (Lipinski definition) is 3. The predicted molar refractivity (Wildman–Crippen MR) is 63.6 cm³/mol. The fourth-order valence-corrected chi connectivity index (χ4v) is 1.36. The van der Waals surface area contributed by atoms with Crippen molar-refractivity contribution in [1.82, 2.24) is 13.2 Å². The van der Waals surface area contributed by atoms with E-state index in [1.54, 1.807) is 2.90 Å². The molecule has 0 unspecified atom stereocenters. The minimum Gasteiger partial charge on any atom is -0.378 e. The Hall–Kier alpha value is -0.170. The van der Waals surface area contributed by atoms with Crippen LogP contribution in [0.4, 0.5) is 0 Å². The topological polar surface area (TPSA) is 39.9 Å². The molecule has 0 radical (unpaired) electrons. The summed E-state index contributed by atoms with van der Waals surface area (Å²) in [5, 5.41) is 8.00. The number of nitrogens with zero attached hydrogens (tertiary/aromatic N) is 3. The summed E-state index contributed by atoms with van der Waals surface area (Å²) in [6.07, 6.45) is 2.17. The Morgan fingerprint density at radius 3 is 2.64 bits per heavy atom. The Morgan fingerprint density at radius 1 is 1.57 bits per heavy atom. The van der Waals surface area contributed by atoms with Gasteiger partial charge in [-0.15, -0.1) is 5.10 Å². The minimum absolute atomic E-state index is 0.0757. The average Bonchev–Trinajstić information content (AvgIpc) is 2.49. The van der Waals surface area contributed by atoms with E-state index >= 15 is 0 Å². The van der Waals surface area contributed by atoms with Crippen molar-refractivity contribution in [3.8, 4) is 0 Å². The highest BCUT2D eigenvalue weighted by atomic mass is 127. The normalized spacial score (nSPS) is 12.4. The Kier molecular flexibility index (Phi) is 3.88. The number of rotatable bonds is 4. The predicted octanol–water partition coefficient (Wildman–Crippen LogP) is 2.18. The van der Waals surface area contributed by atoms with Crippen LogP contribution in [0, 0.1) is 0 Å². The molecule has 0 aliphatic carbocycles. The lowest BCUT2D eigenvalue weighted by Gasteiger charge is -2.22.